The summed E-state index contributed by atoms with van der Waals surface area (Å²) in [5.74, 6) is 2.34. The fraction of sp³-hybridized carbons (Fsp3) is 0.394. The molecule has 0 radical (unpaired) electrons. The number of hydrogen-bond donors (Lipinski definition) is 1. The Morgan fingerprint density at radius 3 is 2.30 bits per heavy atom. The topological polar surface area (TPSA) is 72.0 Å². The second kappa shape index (κ2) is 15.2. The second-order valence-corrected chi connectivity index (χ2v) is 11.0. The summed E-state index contributed by atoms with van der Waals surface area (Å²) in [5.41, 5.74) is 2.74. The molecule has 5 rings (SSSR count). The van der Waals surface area contributed by atoms with Gasteiger partial charge in [0, 0.05) is 48.6 Å². The Bertz CT molecular complexity index is 1480. The number of likely N-dealkylation sites (tertiary alicyclic amines) is 1. The smallest absolute Gasteiger partial charge is 0.165 e. The number of anilines is 1. The molecule has 3 aromatic carbocycles. The van der Waals surface area contributed by atoms with Gasteiger partial charge < -0.3 is 24.4 Å². The van der Waals surface area contributed by atoms with E-state index < -0.39 is 0 Å². The highest BCUT2D eigenvalue weighted by molar-refractivity contribution is 6.00. The van der Waals surface area contributed by atoms with E-state index in [0.29, 0.717) is 18.9 Å². The average molecular weight is 610 g/mol. The van der Waals surface area contributed by atoms with E-state index in [1.807, 2.05) is 62.6 Å². The first-order valence-corrected chi connectivity index (χ1v) is 14.5. The molecule has 1 N–H and O–H groups in total. The molecule has 1 saturated heterocycles. The number of halogens is 2. The van der Waals surface area contributed by atoms with Crippen molar-refractivity contribution in [2.45, 2.75) is 31.8 Å². The first-order valence-electron chi connectivity index (χ1n) is 14.5. The molecule has 4 aromatic rings. The quantitative estimate of drug-likeness (QED) is 0.188. The molecule has 8 nitrogen and oxygen atoms in total. The largest absolute Gasteiger partial charge is 0.497 e. The zero-order valence-corrected chi connectivity index (χ0v) is 26.1. The number of rotatable bonds is 12. The van der Waals surface area contributed by atoms with Crippen LogP contribution in [0.3, 0.4) is 0 Å². The molecule has 1 aromatic heterocycles. The molecular weight excluding hydrogens is 569 g/mol. The Hall–Kier alpha value is -3.66. The summed E-state index contributed by atoms with van der Waals surface area (Å²) in [6.07, 6.45) is 2.75. The number of ether oxygens (including phenoxy) is 3. The molecule has 0 bridgehead atoms. The summed E-state index contributed by atoms with van der Waals surface area (Å²) in [4.78, 5) is 4.46. The van der Waals surface area contributed by atoms with Gasteiger partial charge in [-0.05, 0) is 93.5 Å². The molecule has 0 aliphatic carbocycles. The van der Waals surface area contributed by atoms with Gasteiger partial charge >= 0.3 is 0 Å². The van der Waals surface area contributed by atoms with Gasteiger partial charge in [0.25, 0.3) is 0 Å². The molecule has 43 heavy (non-hydrogen) atoms. The lowest BCUT2D eigenvalue weighted by atomic mass is 10.0. The van der Waals surface area contributed by atoms with Crippen LogP contribution in [0, 0.1) is 5.82 Å². The van der Waals surface area contributed by atoms with Gasteiger partial charge in [0.1, 0.15) is 17.2 Å². The van der Waals surface area contributed by atoms with Crippen LogP contribution in [0.5, 0.6) is 17.2 Å². The standard InChI is InChI=1S/C33H40FN5O3.ClH/c1-38(2)16-5-19-42-31-13-6-23(20-30(31)34)22-39-17-14-25(15-18-39)35-33-29-21-27(41-4)11-12-28(29)32(36-37-33)24-7-9-26(40-3)10-8-24;/h6-13,20-21,25H,5,14-19,22H2,1-4H3,(H,35,37);1H. The number of nitrogens with zero attached hydrogens (tertiary/aromatic N) is 4. The van der Waals surface area contributed by atoms with Crippen LogP contribution in [0.25, 0.3) is 22.0 Å². The average Bonchev–Trinajstić information content (AvgIpc) is 3.01. The minimum absolute atomic E-state index is 0. The summed E-state index contributed by atoms with van der Waals surface area (Å²) in [5, 5.41) is 14.9. The number of nitrogens with one attached hydrogen (secondary N) is 1. The highest BCUT2D eigenvalue weighted by atomic mass is 35.5. The molecule has 0 amide bonds. The van der Waals surface area contributed by atoms with Gasteiger partial charge in [-0.15, -0.1) is 22.6 Å². The molecule has 10 heteroatoms. The van der Waals surface area contributed by atoms with Gasteiger partial charge in [-0.3, -0.25) is 4.90 Å². The van der Waals surface area contributed by atoms with Crippen LogP contribution in [0.15, 0.2) is 60.7 Å². The summed E-state index contributed by atoms with van der Waals surface area (Å²) in [6, 6.07) is 19.4. The van der Waals surface area contributed by atoms with E-state index in [4.69, 9.17) is 14.2 Å². The molecular formula is C33H41ClFN5O3. The lowest BCUT2D eigenvalue weighted by molar-refractivity contribution is 0.210. The molecule has 1 aliphatic heterocycles. The van der Waals surface area contributed by atoms with Crippen molar-refractivity contribution in [3.63, 3.8) is 0 Å². The minimum Gasteiger partial charge on any atom is -0.497 e. The molecule has 0 spiro atoms. The zero-order chi connectivity index (χ0) is 29.5. The van der Waals surface area contributed by atoms with E-state index in [2.05, 4.69) is 25.3 Å². The van der Waals surface area contributed by atoms with Crippen molar-refractivity contribution >= 4 is 29.0 Å². The molecule has 0 saturated carbocycles. The fourth-order valence-electron chi connectivity index (χ4n) is 5.34. The molecule has 0 unspecified atom stereocenters. The van der Waals surface area contributed by atoms with E-state index >= 15 is 0 Å². The number of aromatic nitrogens is 2. The highest BCUT2D eigenvalue weighted by Crippen LogP contribution is 2.34. The van der Waals surface area contributed by atoms with Crippen LogP contribution in [-0.4, -0.2) is 80.6 Å². The van der Waals surface area contributed by atoms with Crippen LogP contribution in [0.1, 0.15) is 24.8 Å². The molecule has 1 aliphatic rings. The molecule has 230 valence electrons. The summed E-state index contributed by atoms with van der Waals surface area (Å²) >= 11 is 0. The Labute approximate surface area is 259 Å². The Kier molecular flexibility index (Phi) is 11.4. The highest BCUT2D eigenvalue weighted by Gasteiger charge is 2.22. The number of fused-ring (bicyclic) bond motifs is 1. The molecule has 2 heterocycles. The van der Waals surface area contributed by atoms with Crippen molar-refractivity contribution < 1.29 is 18.6 Å². The lowest BCUT2D eigenvalue weighted by Gasteiger charge is -2.32. The third-order valence-electron chi connectivity index (χ3n) is 7.69. The number of hydrogen-bond acceptors (Lipinski definition) is 8. The van der Waals surface area contributed by atoms with Crippen LogP contribution in [0.2, 0.25) is 0 Å². The predicted octanol–water partition coefficient (Wildman–Crippen LogP) is 6.28. The number of methoxy groups -OCH3 is 2. The Morgan fingerprint density at radius 2 is 1.63 bits per heavy atom. The van der Waals surface area contributed by atoms with Crippen molar-refractivity contribution in [2.75, 3.05) is 59.9 Å². The maximum absolute atomic E-state index is 14.7. The van der Waals surface area contributed by atoms with Gasteiger partial charge in [0.05, 0.1) is 20.8 Å². The summed E-state index contributed by atoms with van der Waals surface area (Å²) in [6.45, 7) is 3.94. The van der Waals surface area contributed by atoms with Gasteiger partial charge in [-0.1, -0.05) is 6.07 Å². The normalized spacial score (nSPS) is 14.0. The predicted molar refractivity (Wildman–Crippen MR) is 172 cm³/mol. The van der Waals surface area contributed by atoms with Crippen molar-refractivity contribution in [2.24, 2.45) is 0 Å². The van der Waals surface area contributed by atoms with Crippen molar-refractivity contribution in [1.82, 2.24) is 20.0 Å². The number of benzene rings is 3. The first kappa shape index (κ1) is 32.3. The third kappa shape index (κ3) is 8.25. The maximum atomic E-state index is 14.7. The van der Waals surface area contributed by atoms with E-state index in [1.165, 1.54) is 0 Å². The van der Waals surface area contributed by atoms with E-state index in [9.17, 15) is 4.39 Å². The van der Waals surface area contributed by atoms with Gasteiger partial charge in [0.2, 0.25) is 0 Å². The number of piperidine rings is 1. The van der Waals surface area contributed by atoms with Crippen molar-refractivity contribution in [3.05, 3.63) is 72.0 Å². The van der Waals surface area contributed by atoms with Crippen molar-refractivity contribution in [1.29, 1.82) is 0 Å². The van der Waals surface area contributed by atoms with Gasteiger partial charge in [0.15, 0.2) is 17.4 Å². The zero-order valence-electron chi connectivity index (χ0n) is 25.3. The Morgan fingerprint density at radius 1 is 0.907 bits per heavy atom. The van der Waals surface area contributed by atoms with Crippen molar-refractivity contribution in [3.8, 4) is 28.5 Å². The van der Waals surface area contributed by atoms with Crippen LogP contribution in [0.4, 0.5) is 10.2 Å². The fourth-order valence-corrected chi connectivity index (χ4v) is 5.34. The third-order valence-corrected chi connectivity index (χ3v) is 7.69. The van der Waals surface area contributed by atoms with E-state index in [-0.39, 0.29) is 24.3 Å². The van der Waals surface area contributed by atoms with E-state index in [0.717, 1.165) is 83.8 Å². The minimum atomic E-state index is -0.298. The van der Waals surface area contributed by atoms with Gasteiger partial charge in [-0.25, -0.2) is 4.39 Å². The summed E-state index contributed by atoms with van der Waals surface area (Å²) < 4.78 is 31.1. The van der Waals surface area contributed by atoms with Crippen LogP contribution < -0.4 is 19.5 Å². The monoisotopic (exact) mass is 609 g/mol. The lowest BCUT2D eigenvalue weighted by Crippen LogP contribution is -2.38. The maximum Gasteiger partial charge on any atom is 0.165 e. The van der Waals surface area contributed by atoms with Crippen LogP contribution in [-0.2, 0) is 6.54 Å². The molecule has 0 atom stereocenters. The van der Waals surface area contributed by atoms with Crippen LogP contribution >= 0.6 is 12.4 Å². The van der Waals surface area contributed by atoms with Gasteiger partial charge in [-0.2, -0.15) is 0 Å². The molecule has 1 fully saturated rings. The summed E-state index contributed by atoms with van der Waals surface area (Å²) in [7, 11) is 7.36. The SMILES string of the molecule is COc1ccc(-c2nnc(NC3CCN(Cc4ccc(OCCCN(C)C)c(F)c4)CC3)c3cc(OC)ccc23)cc1.Cl. The Balaban J connectivity index is 0.00000423. The second-order valence-electron chi connectivity index (χ2n) is 11.0. The first-order chi connectivity index (χ1) is 20.4. The van der Waals surface area contributed by atoms with E-state index in [1.54, 1.807) is 26.4 Å².